The third kappa shape index (κ3) is 5.11. The Balaban J connectivity index is 1.98. The van der Waals surface area contributed by atoms with Crippen molar-refractivity contribution < 1.29 is 22.7 Å². The average Bonchev–Trinajstić information content (AvgIpc) is 2.60. The predicted molar refractivity (Wildman–Crippen MR) is 99.6 cm³/mol. The first kappa shape index (κ1) is 20.5. The highest BCUT2D eigenvalue weighted by Crippen LogP contribution is 2.25. The van der Waals surface area contributed by atoms with E-state index in [2.05, 4.69) is 0 Å². The van der Waals surface area contributed by atoms with Gasteiger partial charge in [0, 0.05) is 19.1 Å². The molecule has 2 aromatic carbocycles. The molecule has 0 fully saturated rings. The van der Waals surface area contributed by atoms with E-state index in [1.807, 2.05) is 0 Å². The van der Waals surface area contributed by atoms with Crippen molar-refractivity contribution in [2.75, 3.05) is 27.3 Å². The Labute approximate surface area is 162 Å². The lowest BCUT2D eigenvalue weighted by atomic mass is 10.2. The van der Waals surface area contributed by atoms with Crippen molar-refractivity contribution in [2.24, 2.45) is 0 Å². The summed E-state index contributed by atoms with van der Waals surface area (Å²) in [7, 11) is -1.01. The van der Waals surface area contributed by atoms with Crippen LogP contribution in [0.25, 0.3) is 0 Å². The molecule has 0 radical (unpaired) electrons. The van der Waals surface area contributed by atoms with E-state index >= 15 is 0 Å². The van der Waals surface area contributed by atoms with E-state index in [-0.39, 0.29) is 28.7 Å². The fraction of sp³-hybridized carbons (Fsp3) is 0.235. The van der Waals surface area contributed by atoms with Gasteiger partial charge < -0.3 is 9.47 Å². The molecule has 0 aliphatic rings. The van der Waals surface area contributed by atoms with Gasteiger partial charge in [0.15, 0.2) is 0 Å². The first-order valence-corrected chi connectivity index (χ1v) is 9.69. The number of sulfonamides is 1. The van der Waals surface area contributed by atoms with Crippen LogP contribution in [0.1, 0.15) is 10.4 Å². The summed E-state index contributed by atoms with van der Waals surface area (Å²) in [6.07, 6.45) is 0. The predicted octanol–water partition coefficient (Wildman–Crippen LogP) is 3.48. The van der Waals surface area contributed by atoms with Crippen LogP contribution in [0.4, 0.5) is 0 Å². The van der Waals surface area contributed by atoms with Crippen LogP contribution >= 0.6 is 23.2 Å². The Morgan fingerprint density at radius 2 is 1.69 bits per heavy atom. The largest absolute Gasteiger partial charge is 0.490 e. The second-order valence-electron chi connectivity index (χ2n) is 5.37. The summed E-state index contributed by atoms with van der Waals surface area (Å²) in [4.78, 5) is 12.0. The van der Waals surface area contributed by atoms with Crippen LogP contribution in [0.5, 0.6) is 5.75 Å². The van der Waals surface area contributed by atoms with Crippen LogP contribution in [-0.4, -0.2) is 46.0 Å². The third-order valence-corrected chi connectivity index (χ3v) is 5.87. The van der Waals surface area contributed by atoms with Crippen LogP contribution in [0.3, 0.4) is 0 Å². The number of esters is 1. The highest BCUT2D eigenvalue weighted by atomic mass is 35.5. The molecular formula is C17H17Cl2NO5S. The van der Waals surface area contributed by atoms with Crippen LogP contribution in [0.15, 0.2) is 47.4 Å². The summed E-state index contributed by atoms with van der Waals surface area (Å²) < 4.78 is 36.0. The monoisotopic (exact) mass is 417 g/mol. The molecule has 0 aromatic heterocycles. The van der Waals surface area contributed by atoms with Crippen LogP contribution in [0, 0.1) is 0 Å². The van der Waals surface area contributed by atoms with Crippen molar-refractivity contribution in [1.29, 1.82) is 0 Å². The van der Waals surface area contributed by atoms with Crippen molar-refractivity contribution in [1.82, 2.24) is 4.31 Å². The zero-order chi connectivity index (χ0) is 19.3. The summed E-state index contributed by atoms with van der Waals surface area (Å²) >= 11 is 11.7. The van der Waals surface area contributed by atoms with Gasteiger partial charge in [0.2, 0.25) is 10.0 Å². The second kappa shape index (κ2) is 8.73. The molecule has 0 aliphatic carbocycles. The molecule has 0 atom stereocenters. The van der Waals surface area contributed by atoms with Crippen molar-refractivity contribution in [2.45, 2.75) is 4.90 Å². The Hall–Kier alpha value is -1.80. The van der Waals surface area contributed by atoms with E-state index in [1.54, 1.807) is 24.3 Å². The van der Waals surface area contributed by atoms with E-state index in [0.717, 1.165) is 4.31 Å². The molecule has 6 nitrogen and oxygen atoms in total. The topological polar surface area (TPSA) is 72.9 Å². The first-order valence-electron chi connectivity index (χ1n) is 7.49. The van der Waals surface area contributed by atoms with Gasteiger partial charge in [-0.1, -0.05) is 23.2 Å². The van der Waals surface area contributed by atoms with Gasteiger partial charge in [0.25, 0.3) is 0 Å². The number of nitrogens with zero attached hydrogens (tertiary/aromatic N) is 1. The fourth-order valence-corrected chi connectivity index (χ4v) is 3.45. The Morgan fingerprint density at radius 3 is 2.31 bits per heavy atom. The Morgan fingerprint density at radius 1 is 1.04 bits per heavy atom. The Kier molecular flexibility index (Phi) is 6.88. The number of carbonyl (C=O) groups excluding carboxylic acids is 1. The smallest absolute Gasteiger partial charge is 0.338 e. The number of carbonyl (C=O) groups is 1. The van der Waals surface area contributed by atoms with Crippen LogP contribution < -0.4 is 4.74 Å². The number of hydrogen-bond acceptors (Lipinski definition) is 5. The van der Waals surface area contributed by atoms with Gasteiger partial charge in [-0.05, 0) is 42.5 Å². The summed E-state index contributed by atoms with van der Waals surface area (Å²) in [5.41, 5.74) is 0.0846. The number of halogens is 2. The molecule has 2 aromatic rings. The summed E-state index contributed by atoms with van der Waals surface area (Å²) in [6, 6.07) is 10.7. The van der Waals surface area contributed by atoms with Gasteiger partial charge >= 0.3 is 5.97 Å². The molecular weight excluding hydrogens is 401 g/mol. The highest BCUT2D eigenvalue weighted by molar-refractivity contribution is 7.89. The highest BCUT2D eigenvalue weighted by Gasteiger charge is 2.22. The van der Waals surface area contributed by atoms with E-state index in [1.165, 1.54) is 32.3 Å². The van der Waals surface area contributed by atoms with E-state index in [0.29, 0.717) is 10.8 Å². The van der Waals surface area contributed by atoms with Crippen molar-refractivity contribution in [3.8, 4) is 5.75 Å². The summed E-state index contributed by atoms with van der Waals surface area (Å²) in [5.74, 6) is -0.0760. The normalized spacial score (nSPS) is 11.4. The van der Waals surface area contributed by atoms with Crippen molar-refractivity contribution in [3.63, 3.8) is 0 Å². The van der Waals surface area contributed by atoms with Gasteiger partial charge in [-0.2, -0.15) is 0 Å². The maximum Gasteiger partial charge on any atom is 0.338 e. The summed E-state index contributed by atoms with van der Waals surface area (Å²) in [5, 5.41) is 0.622. The van der Waals surface area contributed by atoms with Crippen molar-refractivity contribution >= 4 is 39.2 Å². The molecule has 140 valence electrons. The van der Waals surface area contributed by atoms with E-state index in [4.69, 9.17) is 32.7 Å². The molecule has 0 bridgehead atoms. The number of ether oxygens (including phenoxy) is 2. The molecule has 0 spiro atoms. The molecule has 0 heterocycles. The number of benzene rings is 2. The van der Waals surface area contributed by atoms with E-state index in [9.17, 15) is 13.2 Å². The molecule has 0 N–H and O–H groups in total. The van der Waals surface area contributed by atoms with E-state index < -0.39 is 16.0 Å². The second-order valence-corrected chi connectivity index (χ2v) is 8.33. The molecule has 0 saturated carbocycles. The molecule has 0 saturated heterocycles. The zero-order valence-corrected chi connectivity index (χ0v) is 16.4. The standard InChI is InChI=1S/C17H17Cl2NO5S/c1-20(2)26(22,23)16-11-12(3-8-15(16)19)17(21)25-10-9-24-14-6-4-13(18)5-7-14/h3-8,11H,9-10H2,1-2H3. The average molecular weight is 418 g/mol. The number of rotatable bonds is 7. The molecule has 26 heavy (non-hydrogen) atoms. The lowest BCUT2D eigenvalue weighted by Crippen LogP contribution is -2.23. The minimum absolute atomic E-state index is 0.000149. The van der Waals surface area contributed by atoms with Gasteiger partial charge in [-0.25, -0.2) is 17.5 Å². The fourth-order valence-electron chi connectivity index (χ4n) is 1.93. The summed E-state index contributed by atoms with van der Waals surface area (Å²) in [6.45, 7) is 0.143. The number of hydrogen-bond donors (Lipinski definition) is 0. The minimum atomic E-state index is -3.77. The van der Waals surface area contributed by atoms with Crippen LogP contribution in [0.2, 0.25) is 10.0 Å². The van der Waals surface area contributed by atoms with Crippen molar-refractivity contribution in [3.05, 3.63) is 58.1 Å². The lowest BCUT2D eigenvalue weighted by molar-refractivity contribution is 0.0450. The molecule has 0 amide bonds. The maximum atomic E-state index is 12.2. The molecule has 0 unspecified atom stereocenters. The molecule has 0 aliphatic heterocycles. The van der Waals surface area contributed by atoms with Gasteiger partial charge in [0.05, 0.1) is 10.6 Å². The molecule has 9 heteroatoms. The quantitative estimate of drug-likeness (QED) is 0.509. The molecule has 2 rings (SSSR count). The van der Waals surface area contributed by atoms with Gasteiger partial charge in [0.1, 0.15) is 23.9 Å². The lowest BCUT2D eigenvalue weighted by Gasteiger charge is -2.13. The minimum Gasteiger partial charge on any atom is -0.490 e. The Bertz CT molecular complexity index is 883. The maximum absolute atomic E-state index is 12.2. The first-order chi connectivity index (χ1) is 12.2. The SMILES string of the molecule is CN(C)S(=O)(=O)c1cc(C(=O)OCCOc2ccc(Cl)cc2)ccc1Cl. The van der Waals surface area contributed by atoms with Gasteiger partial charge in [-0.3, -0.25) is 0 Å². The van der Waals surface area contributed by atoms with Gasteiger partial charge in [-0.15, -0.1) is 0 Å². The van der Waals surface area contributed by atoms with Crippen LogP contribution in [-0.2, 0) is 14.8 Å². The zero-order valence-electron chi connectivity index (χ0n) is 14.1. The third-order valence-electron chi connectivity index (χ3n) is 3.32.